The molecule has 0 unspecified atom stereocenters. The highest BCUT2D eigenvalue weighted by atomic mass is 15.1. The summed E-state index contributed by atoms with van der Waals surface area (Å²) in [5.41, 5.74) is 1.39. The van der Waals surface area contributed by atoms with Gasteiger partial charge in [-0.25, -0.2) is 9.55 Å². The van der Waals surface area contributed by atoms with E-state index in [-0.39, 0.29) is 0 Å². The molecule has 2 aromatic rings. The number of H-pyrrole nitrogens is 1. The third-order valence-corrected chi connectivity index (χ3v) is 7.44. The van der Waals surface area contributed by atoms with E-state index in [1.54, 1.807) is 0 Å². The monoisotopic (exact) mass is 467 g/mol. The van der Waals surface area contributed by atoms with E-state index in [0.29, 0.717) is 5.92 Å². The zero-order valence-electron chi connectivity index (χ0n) is 22.7. The van der Waals surface area contributed by atoms with Crippen molar-refractivity contribution in [2.24, 2.45) is 0 Å². The van der Waals surface area contributed by atoms with Crippen molar-refractivity contribution in [1.82, 2.24) is 4.98 Å². The Bertz CT molecular complexity index is 690. The maximum absolute atomic E-state index is 3.65. The van der Waals surface area contributed by atoms with Gasteiger partial charge >= 0.3 is 0 Å². The quantitative estimate of drug-likeness (QED) is 0.131. The molecule has 1 atom stereocenters. The van der Waals surface area contributed by atoms with Crippen LogP contribution in [0.15, 0.2) is 42.7 Å². The molecule has 2 rings (SSSR count). The third-order valence-electron chi connectivity index (χ3n) is 7.44. The Balaban J connectivity index is 1.79. The molecule has 1 N–H and O–H groups in total. The average Bonchev–Trinajstić information content (AvgIpc) is 3.31. The summed E-state index contributed by atoms with van der Waals surface area (Å²) in [6.07, 6.45) is 31.0. The Morgan fingerprint density at radius 2 is 1.09 bits per heavy atom. The lowest BCUT2D eigenvalue weighted by Gasteiger charge is -2.14. The van der Waals surface area contributed by atoms with Gasteiger partial charge in [0.2, 0.25) is 0 Å². The number of nitrogens with one attached hydrogen (secondary N) is 1. The van der Waals surface area contributed by atoms with Gasteiger partial charge in [-0.3, -0.25) is 0 Å². The van der Waals surface area contributed by atoms with E-state index in [0.717, 1.165) is 6.54 Å². The first-order valence-corrected chi connectivity index (χ1v) is 15.0. The van der Waals surface area contributed by atoms with E-state index in [9.17, 15) is 0 Å². The topological polar surface area (TPSA) is 19.7 Å². The van der Waals surface area contributed by atoms with Gasteiger partial charge in [0.1, 0.15) is 18.9 Å². The fourth-order valence-electron chi connectivity index (χ4n) is 5.29. The van der Waals surface area contributed by atoms with Crippen molar-refractivity contribution in [2.75, 3.05) is 0 Å². The van der Waals surface area contributed by atoms with Crippen molar-refractivity contribution < 1.29 is 4.57 Å². The molecule has 0 saturated carbocycles. The van der Waals surface area contributed by atoms with Gasteiger partial charge in [0, 0.05) is 0 Å². The minimum absolute atomic E-state index is 0.670. The molecule has 192 valence electrons. The van der Waals surface area contributed by atoms with Gasteiger partial charge in [-0.05, 0) is 18.4 Å². The minimum atomic E-state index is 0.670. The molecule has 1 aromatic carbocycles. The molecule has 0 amide bonds. The van der Waals surface area contributed by atoms with Crippen LogP contribution in [0.25, 0.3) is 0 Å². The Morgan fingerprint density at radius 3 is 1.59 bits per heavy atom. The fraction of sp³-hybridized carbons (Fsp3) is 0.719. The summed E-state index contributed by atoms with van der Waals surface area (Å²) in [5.74, 6) is 2.12. The van der Waals surface area contributed by atoms with E-state index >= 15 is 0 Å². The van der Waals surface area contributed by atoms with Gasteiger partial charge in [-0.2, -0.15) is 0 Å². The Morgan fingerprint density at radius 1 is 0.618 bits per heavy atom. The number of rotatable bonds is 22. The molecule has 34 heavy (non-hydrogen) atoms. The van der Waals surface area contributed by atoms with Crippen LogP contribution in [0, 0.1) is 0 Å². The number of unbranched alkanes of at least 4 members (excludes halogenated alkanes) is 15. The van der Waals surface area contributed by atoms with Crippen molar-refractivity contribution in [1.29, 1.82) is 0 Å². The highest BCUT2D eigenvalue weighted by molar-refractivity contribution is 5.13. The van der Waals surface area contributed by atoms with Crippen LogP contribution in [0.3, 0.4) is 0 Å². The zero-order valence-corrected chi connectivity index (χ0v) is 22.7. The number of aromatic nitrogens is 2. The largest absolute Gasteiger partial charge is 0.257 e. The number of aromatic amines is 1. The van der Waals surface area contributed by atoms with E-state index in [1.807, 2.05) is 0 Å². The maximum Gasteiger partial charge on any atom is 0.257 e. The summed E-state index contributed by atoms with van der Waals surface area (Å²) in [7, 11) is 0. The first-order valence-electron chi connectivity index (χ1n) is 15.0. The van der Waals surface area contributed by atoms with E-state index in [4.69, 9.17) is 0 Å². The van der Waals surface area contributed by atoms with Crippen molar-refractivity contribution in [3.05, 3.63) is 54.1 Å². The van der Waals surface area contributed by atoms with Crippen molar-refractivity contribution in [3.8, 4) is 0 Å². The standard InChI is InChI=1S/C32H54N2/c1-3-5-7-9-11-13-15-17-22-26-31(25-21-16-14-12-10-8-6-4-2)32-33-27-28-34(32)29-30-23-19-18-20-24-30/h18-20,23-24,27-28,31H,3-17,21-22,25-26,29H2,1-2H3/p+1/t31-/m0/s1. The maximum atomic E-state index is 3.65. The molecule has 0 fully saturated rings. The van der Waals surface area contributed by atoms with Crippen LogP contribution in [0.2, 0.25) is 0 Å². The lowest BCUT2D eigenvalue weighted by atomic mass is 9.93. The van der Waals surface area contributed by atoms with Gasteiger partial charge in [0.15, 0.2) is 0 Å². The van der Waals surface area contributed by atoms with Crippen LogP contribution in [-0.2, 0) is 6.54 Å². The van der Waals surface area contributed by atoms with Crippen LogP contribution in [-0.4, -0.2) is 4.98 Å². The fourth-order valence-corrected chi connectivity index (χ4v) is 5.29. The Kier molecular flexibility index (Phi) is 16.6. The predicted molar refractivity (Wildman–Crippen MR) is 148 cm³/mol. The van der Waals surface area contributed by atoms with Gasteiger partial charge < -0.3 is 0 Å². The average molecular weight is 468 g/mol. The second kappa shape index (κ2) is 19.7. The number of imidazole rings is 1. The van der Waals surface area contributed by atoms with Crippen LogP contribution < -0.4 is 4.57 Å². The molecule has 0 radical (unpaired) electrons. The lowest BCUT2D eigenvalue weighted by molar-refractivity contribution is -0.695. The summed E-state index contributed by atoms with van der Waals surface area (Å²) in [4.78, 5) is 3.65. The zero-order chi connectivity index (χ0) is 24.1. The molecule has 0 aliphatic carbocycles. The molecular weight excluding hydrogens is 412 g/mol. The SMILES string of the molecule is CCCCCCCCCCC[C@H](CCCCCCCCCC)c1[nH]cc[n+]1Cc1ccccc1. The predicted octanol–water partition coefficient (Wildman–Crippen LogP) is 9.89. The molecule has 2 heteroatoms. The molecule has 0 aliphatic rings. The van der Waals surface area contributed by atoms with Crippen LogP contribution >= 0.6 is 0 Å². The van der Waals surface area contributed by atoms with E-state index in [2.05, 4.69) is 66.1 Å². The second-order valence-electron chi connectivity index (χ2n) is 10.5. The number of nitrogens with zero attached hydrogens (tertiary/aromatic N) is 1. The van der Waals surface area contributed by atoms with Crippen molar-refractivity contribution in [2.45, 2.75) is 148 Å². The molecule has 1 heterocycles. The highest BCUT2D eigenvalue weighted by Crippen LogP contribution is 2.26. The first kappa shape index (κ1) is 28.7. The number of hydrogen-bond acceptors (Lipinski definition) is 0. The minimum Gasteiger partial charge on any atom is -0.247 e. The van der Waals surface area contributed by atoms with Crippen LogP contribution in [0.1, 0.15) is 153 Å². The molecule has 0 bridgehead atoms. The summed E-state index contributed by atoms with van der Waals surface area (Å²) < 4.78 is 2.47. The Labute approximate surface area is 212 Å². The third kappa shape index (κ3) is 12.8. The summed E-state index contributed by atoms with van der Waals surface area (Å²) >= 11 is 0. The molecule has 0 aliphatic heterocycles. The lowest BCUT2D eigenvalue weighted by Crippen LogP contribution is -2.38. The van der Waals surface area contributed by atoms with Crippen molar-refractivity contribution >= 4 is 0 Å². The summed E-state index contributed by atoms with van der Waals surface area (Å²) in [6.45, 7) is 5.58. The van der Waals surface area contributed by atoms with E-state index in [1.165, 1.54) is 133 Å². The van der Waals surface area contributed by atoms with E-state index < -0.39 is 0 Å². The van der Waals surface area contributed by atoms with Gasteiger partial charge in [-0.15, -0.1) is 0 Å². The van der Waals surface area contributed by atoms with Crippen molar-refractivity contribution in [3.63, 3.8) is 0 Å². The molecule has 1 aromatic heterocycles. The molecule has 2 nitrogen and oxygen atoms in total. The smallest absolute Gasteiger partial charge is 0.247 e. The second-order valence-corrected chi connectivity index (χ2v) is 10.5. The Hall–Kier alpha value is -1.57. The highest BCUT2D eigenvalue weighted by Gasteiger charge is 2.22. The molecular formula is C32H55N2+. The summed E-state index contributed by atoms with van der Waals surface area (Å²) in [5, 5.41) is 0. The first-order chi connectivity index (χ1) is 16.8. The number of benzene rings is 1. The number of hydrogen-bond donors (Lipinski definition) is 1. The summed E-state index contributed by atoms with van der Waals surface area (Å²) in [6, 6.07) is 10.9. The normalized spacial score (nSPS) is 12.3. The van der Waals surface area contributed by atoms with Gasteiger partial charge in [0.25, 0.3) is 5.82 Å². The molecule has 0 saturated heterocycles. The molecule has 0 spiro atoms. The van der Waals surface area contributed by atoms with Crippen LogP contribution in [0.4, 0.5) is 0 Å². The van der Waals surface area contributed by atoms with Gasteiger partial charge in [-0.1, -0.05) is 153 Å². The van der Waals surface area contributed by atoms with Gasteiger partial charge in [0.05, 0.1) is 5.92 Å². The van der Waals surface area contributed by atoms with Crippen LogP contribution in [0.5, 0.6) is 0 Å².